The Morgan fingerprint density at radius 2 is 2.13 bits per heavy atom. The highest BCUT2D eigenvalue weighted by Crippen LogP contribution is 2.22. The van der Waals surface area contributed by atoms with Crippen molar-refractivity contribution in [1.82, 2.24) is 24.2 Å². The lowest BCUT2D eigenvalue weighted by atomic mass is 10.3. The van der Waals surface area contributed by atoms with Gasteiger partial charge in [-0.25, -0.2) is 13.4 Å². The van der Waals surface area contributed by atoms with E-state index in [1.165, 1.54) is 23.0 Å². The molecule has 0 aliphatic carbocycles. The molecule has 1 fully saturated rings. The quantitative estimate of drug-likeness (QED) is 0.825. The van der Waals surface area contributed by atoms with Gasteiger partial charge in [0.05, 0.1) is 31.5 Å². The summed E-state index contributed by atoms with van der Waals surface area (Å²) in [6.07, 6.45) is 6.16. The highest BCUT2D eigenvalue weighted by atomic mass is 32.2. The molecule has 1 saturated heterocycles. The molecule has 0 radical (unpaired) electrons. The van der Waals surface area contributed by atoms with Gasteiger partial charge in [0.2, 0.25) is 5.88 Å². The molecule has 0 saturated carbocycles. The van der Waals surface area contributed by atoms with Crippen LogP contribution >= 0.6 is 0 Å². The van der Waals surface area contributed by atoms with Crippen molar-refractivity contribution in [3.05, 3.63) is 24.9 Å². The van der Waals surface area contributed by atoms with E-state index in [2.05, 4.69) is 19.9 Å². The standard InChI is InChI=1S/C13H18N6O3S/c1-18(2)11-5-14-6-12(17-11)22-10-3-4-19(8-10)23(20,21)13-7-15-9-16-13/h5-7,9-10H,3-4,8H2,1-2H3,(H,15,16). The Balaban J connectivity index is 1.68. The highest BCUT2D eigenvalue weighted by Gasteiger charge is 2.34. The summed E-state index contributed by atoms with van der Waals surface area (Å²) >= 11 is 0. The maximum Gasteiger partial charge on any atom is 0.260 e. The van der Waals surface area contributed by atoms with E-state index >= 15 is 0 Å². The topological polar surface area (TPSA) is 104 Å². The zero-order valence-electron chi connectivity index (χ0n) is 12.9. The monoisotopic (exact) mass is 338 g/mol. The van der Waals surface area contributed by atoms with Crippen LogP contribution in [-0.4, -0.2) is 65.9 Å². The molecule has 0 bridgehead atoms. The van der Waals surface area contributed by atoms with Crippen LogP contribution in [0.25, 0.3) is 0 Å². The summed E-state index contributed by atoms with van der Waals surface area (Å²) in [5.41, 5.74) is 0. The Labute approximate surface area is 134 Å². The van der Waals surface area contributed by atoms with Crippen LogP contribution in [0.15, 0.2) is 29.9 Å². The molecular formula is C13H18N6O3S. The van der Waals surface area contributed by atoms with Crippen molar-refractivity contribution in [2.45, 2.75) is 17.6 Å². The molecule has 3 rings (SSSR count). The van der Waals surface area contributed by atoms with Crippen LogP contribution < -0.4 is 9.64 Å². The number of nitrogens with one attached hydrogen (secondary N) is 1. The van der Waals surface area contributed by atoms with Gasteiger partial charge in [-0.15, -0.1) is 0 Å². The SMILES string of the molecule is CN(C)c1cncc(OC2CCN(S(=O)(=O)c3cnc[nH]3)C2)n1. The lowest BCUT2D eigenvalue weighted by Crippen LogP contribution is -2.31. The normalized spacial score (nSPS) is 19.0. The summed E-state index contributed by atoms with van der Waals surface area (Å²) in [6, 6.07) is 0. The Morgan fingerprint density at radius 3 is 2.83 bits per heavy atom. The zero-order chi connectivity index (χ0) is 16.4. The molecule has 9 nitrogen and oxygen atoms in total. The van der Waals surface area contributed by atoms with Gasteiger partial charge in [0, 0.05) is 20.6 Å². The number of rotatable bonds is 5. The van der Waals surface area contributed by atoms with Crippen LogP contribution in [0.4, 0.5) is 5.82 Å². The number of aromatic amines is 1. The van der Waals surface area contributed by atoms with Crippen molar-refractivity contribution in [2.75, 3.05) is 32.1 Å². The van der Waals surface area contributed by atoms with Gasteiger partial charge in [-0.2, -0.15) is 9.29 Å². The Kier molecular flexibility index (Phi) is 4.18. The van der Waals surface area contributed by atoms with E-state index in [1.807, 2.05) is 19.0 Å². The number of hydrogen-bond donors (Lipinski definition) is 1. The zero-order valence-corrected chi connectivity index (χ0v) is 13.7. The van der Waals surface area contributed by atoms with Crippen molar-refractivity contribution in [1.29, 1.82) is 0 Å². The highest BCUT2D eigenvalue weighted by molar-refractivity contribution is 7.89. The smallest absolute Gasteiger partial charge is 0.260 e. The van der Waals surface area contributed by atoms with Gasteiger partial charge in [-0.1, -0.05) is 0 Å². The molecule has 0 aromatic carbocycles. The summed E-state index contributed by atoms with van der Waals surface area (Å²) in [6.45, 7) is 0.669. The van der Waals surface area contributed by atoms with Gasteiger partial charge >= 0.3 is 0 Å². The number of ether oxygens (including phenoxy) is 1. The summed E-state index contributed by atoms with van der Waals surface area (Å²) in [5.74, 6) is 1.07. The van der Waals surface area contributed by atoms with E-state index in [1.54, 1.807) is 6.20 Å². The van der Waals surface area contributed by atoms with Crippen LogP contribution in [0.3, 0.4) is 0 Å². The van der Waals surface area contributed by atoms with Crippen molar-refractivity contribution < 1.29 is 13.2 Å². The van der Waals surface area contributed by atoms with Crippen LogP contribution in [0.2, 0.25) is 0 Å². The minimum absolute atomic E-state index is 0.0903. The minimum atomic E-state index is -3.55. The van der Waals surface area contributed by atoms with E-state index in [-0.39, 0.29) is 17.7 Å². The van der Waals surface area contributed by atoms with Gasteiger partial charge < -0.3 is 14.6 Å². The number of anilines is 1. The first-order chi connectivity index (χ1) is 11.0. The second-order valence-electron chi connectivity index (χ2n) is 5.42. The average Bonchev–Trinajstić information content (AvgIpc) is 3.19. The van der Waals surface area contributed by atoms with Crippen LogP contribution in [0, 0.1) is 0 Å². The molecule has 1 aliphatic heterocycles. The first-order valence-electron chi connectivity index (χ1n) is 7.11. The molecule has 1 aliphatic rings. The van der Waals surface area contributed by atoms with Crippen molar-refractivity contribution in [3.8, 4) is 5.88 Å². The fourth-order valence-corrected chi connectivity index (χ4v) is 3.70. The number of nitrogens with zero attached hydrogens (tertiary/aromatic N) is 5. The van der Waals surface area contributed by atoms with Gasteiger partial charge in [-0.05, 0) is 6.42 Å². The minimum Gasteiger partial charge on any atom is -0.472 e. The van der Waals surface area contributed by atoms with E-state index in [0.29, 0.717) is 24.7 Å². The van der Waals surface area contributed by atoms with Crippen molar-refractivity contribution in [3.63, 3.8) is 0 Å². The third kappa shape index (κ3) is 3.27. The molecule has 1 N–H and O–H groups in total. The Hall–Kier alpha value is -2.20. The predicted molar refractivity (Wildman–Crippen MR) is 82.7 cm³/mol. The third-order valence-corrected chi connectivity index (χ3v) is 5.33. The number of hydrogen-bond acceptors (Lipinski definition) is 7. The number of H-pyrrole nitrogens is 1. The molecule has 3 heterocycles. The Morgan fingerprint density at radius 1 is 1.30 bits per heavy atom. The molecule has 2 aromatic heterocycles. The van der Waals surface area contributed by atoms with Crippen molar-refractivity contribution >= 4 is 15.8 Å². The van der Waals surface area contributed by atoms with Crippen LogP contribution in [0.1, 0.15) is 6.42 Å². The maximum absolute atomic E-state index is 12.4. The largest absolute Gasteiger partial charge is 0.472 e. The molecule has 23 heavy (non-hydrogen) atoms. The summed E-state index contributed by atoms with van der Waals surface area (Å²) < 4.78 is 32.0. The predicted octanol–water partition coefficient (Wildman–Crippen LogP) is 0.108. The fourth-order valence-electron chi connectivity index (χ4n) is 2.32. The lowest BCUT2D eigenvalue weighted by Gasteiger charge is -2.17. The molecule has 1 unspecified atom stereocenters. The van der Waals surface area contributed by atoms with Gasteiger partial charge in [0.25, 0.3) is 10.0 Å². The second kappa shape index (κ2) is 6.13. The molecular weight excluding hydrogens is 320 g/mol. The van der Waals surface area contributed by atoms with Crippen molar-refractivity contribution in [2.24, 2.45) is 0 Å². The number of sulfonamides is 1. The molecule has 2 aromatic rings. The van der Waals surface area contributed by atoms with Gasteiger partial charge in [0.15, 0.2) is 10.8 Å². The Bertz CT molecular complexity index is 762. The first kappa shape index (κ1) is 15.7. The number of imidazole rings is 1. The molecule has 1 atom stereocenters. The van der Waals surface area contributed by atoms with Crippen LogP contribution in [-0.2, 0) is 10.0 Å². The van der Waals surface area contributed by atoms with E-state index in [0.717, 1.165) is 0 Å². The van der Waals surface area contributed by atoms with E-state index < -0.39 is 10.0 Å². The average molecular weight is 338 g/mol. The maximum atomic E-state index is 12.4. The third-order valence-electron chi connectivity index (χ3n) is 3.54. The van der Waals surface area contributed by atoms with Gasteiger partial charge in [-0.3, -0.25) is 4.98 Å². The molecule has 0 spiro atoms. The molecule has 10 heteroatoms. The van der Waals surface area contributed by atoms with Crippen LogP contribution in [0.5, 0.6) is 5.88 Å². The fraction of sp³-hybridized carbons (Fsp3) is 0.462. The number of aromatic nitrogens is 4. The van der Waals surface area contributed by atoms with Gasteiger partial charge in [0.1, 0.15) is 6.10 Å². The summed E-state index contributed by atoms with van der Waals surface area (Å²) in [7, 11) is 0.175. The van der Waals surface area contributed by atoms with E-state index in [9.17, 15) is 8.42 Å². The summed E-state index contributed by atoms with van der Waals surface area (Å²) in [4.78, 5) is 16.6. The second-order valence-corrected chi connectivity index (χ2v) is 7.32. The molecule has 0 amide bonds. The first-order valence-corrected chi connectivity index (χ1v) is 8.55. The summed E-state index contributed by atoms with van der Waals surface area (Å²) in [5, 5.41) is 0.0903. The lowest BCUT2D eigenvalue weighted by molar-refractivity contribution is 0.206. The molecule has 124 valence electrons. The van der Waals surface area contributed by atoms with E-state index in [4.69, 9.17) is 4.74 Å².